The highest BCUT2D eigenvalue weighted by Crippen LogP contribution is 2.30. The molecule has 0 fully saturated rings. The van der Waals surface area contributed by atoms with Crippen LogP contribution in [0, 0.1) is 5.82 Å². The van der Waals surface area contributed by atoms with Crippen molar-refractivity contribution in [1.29, 1.82) is 0 Å². The maximum atomic E-state index is 13.0. The minimum atomic E-state index is -4.37. The van der Waals surface area contributed by atoms with Gasteiger partial charge in [0.15, 0.2) is 0 Å². The first-order chi connectivity index (χ1) is 9.90. The second-order valence-corrected chi connectivity index (χ2v) is 4.40. The van der Waals surface area contributed by atoms with Crippen LogP contribution in [0.25, 0.3) is 0 Å². The fraction of sp³-hybridized carbons (Fsp3) is 0.200. The van der Waals surface area contributed by atoms with Gasteiger partial charge in [0.05, 0.1) is 18.4 Å². The van der Waals surface area contributed by atoms with Gasteiger partial charge in [0.1, 0.15) is 11.6 Å². The van der Waals surface area contributed by atoms with Crippen molar-refractivity contribution in [3.05, 3.63) is 59.4 Å². The molecule has 2 rings (SSSR count). The number of rotatable bonds is 4. The predicted octanol–water partition coefficient (Wildman–Crippen LogP) is 4.47. The van der Waals surface area contributed by atoms with Crippen LogP contribution in [-0.2, 0) is 12.7 Å². The summed E-state index contributed by atoms with van der Waals surface area (Å²) in [6.07, 6.45) is -4.37. The number of methoxy groups -OCH3 is 1. The summed E-state index contributed by atoms with van der Waals surface area (Å²) in [6, 6.07) is 8.94. The molecule has 0 amide bonds. The summed E-state index contributed by atoms with van der Waals surface area (Å²) < 4.78 is 55.9. The Kier molecular flexibility index (Phi) is 4.35. The first-order valence-corrected chi connectivity index (χ1v) is 6.13. The Morgan fingerprint density at radius 1 is 1.10 bits per heavy atom. The summed E-state index contributed by atoms with van der Waals surface area (Å²) in [5, 5.41) is 2.93. The Morgan fingerprint density at radius 2 is 1.86 bits per heavy atom. The summed E-state index contributed by atoms with van der Waals surface area (Å²) in [7, 11) is 1.39. The Balaban J connectivity index is 2.13. The summed E-state index contributed by atoms with van der Waals surface area (Å²) in [5.41, 5.74) is 0.278. The molecule has 0 saturated heterocycles. The third-order valence-electron chi connectivity index (χ3n) is 2.90. The molecule has 0 spiro atoms. The molecule has 2 aromatic carbocycles. The van der Waals surface area contributed by atoms with Crippen LogP contribution in [0.5, 0.6) is 5.75 Å². The van der Waals surface area contributed by atoms with E-state index >= 15 is 0 Å². The summed E-state index contributed by atoms with van der Waals surface area (Å²) >= 11 is 0. The third kappa shape index (κ3) is 3.87. The van der Waals surface area contributed by atoms with Gasteiger partial charge in [-0.15, -0.1) is 0 Å². The highest BCUT2D eigenvalue weighted by Gasteiger charge is 2.30. The minimum Gasteiger partial charge on any atom is -0.494 e. The number of halogens is 4. The molecule has 0 heterocycles. The highest BCUT2D eigenvalue weighted by atomic mass is 19.4. The van der Waals surface area contributed by atoms with E-state index in [-0.39, 0.29) is 6.54 Å². The van der Waals surface area contributed by atoms with Crippen molar-refractivity contribution in [2.24, 2.45) is 0 Å². The minimum absolute atomic E-state index is 0.173. The molecule has 0 aliphatic heterocycles. The summed E-state index contributed by atoms with van der Waals surface area (Å²) in [5.74, 6) is -0.154. The number of anilines is 1. The maximum absolute atomic E-state index is 13.0. The smallest absolute Gasteiger partial charge is 0.416 e. The first kappa shape index (κ1) is 15.2. The van der Waals surface area contributed by atoms with Crippen LogP contribution in [0.3, 0.4) is 0 Å². The van der Waals surface area contributed by atoms with Crippen molar-refractivity contribution in [3.63, 3.8) is 0 Å². The lowest BCUT2D eigenvalue weighted by molar-refractivity contribution is -0.137. The summed E-state index contributed by atoms with van der Waals surface area (Å²) in [4.78, 5) is 0. The third-order valence-corrected chi connectivity index (χ3v) is 2.90. The number of ether oxygens (including phenoxy) is 1. The van der Waals surface area contributed by atoms with E-state index in [0.717, 1.165) is 12.1 Å². The van der Waals surface area contributed by atoms with E-state index < -0.39 is 17.6 Å². The topological polar surface area (TPSA) is 21.3 Å². The molecule has 21 heavy (non-hydrogen) atoms. The molecule has 112 valence electrons. The summed E-state index contributed by atoms with van der Waals surface area (Å²) in [6.45, 7) is 0.173. The highest BCUT2D eigenvalue weighted by molar-refractivity contribution is 5.56. The number of hydrogen-bond acceptors (Lipinski definition) is 2. The lowest BCUT2D eigenvalue weighted by Crippen LogP contribution is -2.07. The van der Waals surface area contributed by atoms with E-state index in [4.69, 9.17) is 4.74 Å². The lowest BCUT2D eigenvalue weighted by atomic mass is 10.1. The van der Waals surface area contributed by atoms with Gasteiger partial charge < -0.3 is 10.1 Å². The zero-order valence-electron chi connectivity index (χ0n) is 11.2. The molecule has 0 bridgehead atoms. The SMILES string of the molecule is COc1cc(F)ccc1NCc1cccc(C(F)(F)F)c1. The molecule has 0 unspecified atom stereocenters. The number of hydrogen-bond donors (Lipinski definition) is 1. The molecule has 0 aromatic heterocycles. The van der Waals surface area contributed by atoms with Crippen LogP contribution in [0.2, 0.25) is 0 Å². The van der Waals surface area contributed by atoms with E-state index in [1.54, 1.807) is 6.07 Å². The van der Waals surface area contributed by atoms with Crippen LogP contribution in [0.15, 0.2) is 42.5 Å². The van der Waals surface area contributed by atoms with Crippen molar-refractivity contribution in [2.45, 2.75) is 12.7 Å². The van der Waals surface area contributed by atoms with E-state index in [9.17, 15) is 17.6 Å². The van der Waals surface area contributed by atoms with Gasteiger partial charge >= 0.3 is 6.18 Å². The molecule has 0 aliphatic rings. The molecular formula is C15H13F4NO. The number of nitrogens with one attached hydrogen (secondary N) is 1. The van der Waals surface area contributed by atoms with Crippen LogP contribution in [0.4, 0.5) is 23.2 Å². The number of benzene rings is 2. The van der Waals surface area contributed by atoms with Gasteiger partial charge in [-0.05, 0) is 29.8 Å². The molecular weight excluding hydrogens is 286 g/mol. The normalized spacial score (nSPS) is 11.3. The van der Waals surface area contributed by atoms with E-state index in [0.29, 0.717) is 17.0 Å². The van der Waals surface area contributed by atoms with Gasteiger partial charge in [0, 0.05) is 12.6 Å². The van der Waals surface area contributed by atoms with E-state index in [1.165, 1.54) is 31.4 Å². The van der Waals surface area contributed by atoms with Crippen LogP contribution >= 0.6 is 0 Å². The molecule has 0 atom stereocenters. The van der Waals surface area contributed by atoms with Crippen LogP contribution in [-0.4, -0.2) is 7.11 Å². The maximum Gasteiger partial charge on any atom is 0.416 e. The van der Waals surface area contributed by atoms with Crippen LogP contribution in [0.1, 0.15) is 11.1 Å². The zero-order valence-corrected chi connectivity index (χ0v) is 11.2. The van der Waals surface area contributed by atoms with Gasteiger partial charge in [-0.2, -0.15) is 13.2 Å². The van der Waals surface area contributed by atoms with Crippen molar-refractivity contribution in [3.8, 4) is 5.75 Å². The molecule has 1 N–H and O–H groups in total. The Bertz CT molecular complexity index is 625. The fourth-order valence-electron chi connectivity index (χ4n) is 1.87. The monoisotopic (exact) mass is 299 g/mol. The average Bonchev–Trinajstić information content (AvgIpc) is 2.45. The quantitative estimate of drug-likeness (QED) is 0.841. The molecule has 0 saturated carbocycles. The van der Waals surface area contributed by atoms with Crippen molar-refractivity contribution < 1.29 is 22.3 Å². The average molecular weight is 299 g/mol. The fourth-order valence-corrected chi connectivity index (χ4v) is 1.87. The van der Waals surface area contributed by atoms with E-state index in [1.807, 2.05) is 0 Å². The Hall–Kier alpha value is -2.24. The number of alkyl halides is 3. The first-order valence-electron chi connectivity index (χ1n) is 6.13. The van der Waals surface area contributed by atoms with E-state index in [2.05, 4.69) is 5.32 Å². The lowest BCUT2D eigenvalue weighted by Gasteiger charge is -2.12. The molecule has 0 aliphatic carbocycles. The van der Waals surface area contributed by atoms with Crippen LogP contribution < -0.4 is 10.1 Å². The van der Waals surface area contributed by atoms with Gasteiger partial charge in [-0.1, -0.05) is 12.1 Å². The van der Waals surface area contributed by atoms with Gasteiger partial charge in [0.2, 0.25) is 0 Å². The van der Waals surface area contributed by atoms with Crippen molar-refractivity contribution in [2.75, 3.05) is 12.4 Å². The van der Waals surface area contributed by atoms with Gasteiger partial charge in [-0.3, -0.25) is 0 Å². The molecule has 6 heteroatoms. The Morgan fingerprint density at radius 3 is 2.52 bits per heavy atom. The van der Waals surface area contributed by atoms with Crippen molar-refractivity contribution >= 4 is 5.69 Å². The Labute approximate surface area is 119 Å². The molecule has 2 aromatic rings. The predicted molar refractivity (Wildman–Crippen MR) is 71.7 cm³/mol. The van der Waals surface area contributed by atoms with Gasteiger partial charge in [-0.25, -0.2) is 4.39 Å². The standard InChI is InChI=1S/C15H13F4NO/c1-21-14-8-12(16)5-6-13(14)20-9-10-3-2-4-11(7-10)15(17,18)19/h2-8,20H,9H2,1H3. The zero-order chi connectivity index (χ0) is 15.5. The van der Waals surface area contributed by atoms with Crippen molar-refractivity contribution in [1.82, 2.24) is 0 Å². The second-order valence-electron chi connectivity index (χ2n) is 4.40. The second kappa shape index (κ2) is 6.03. The largest absolute Gasteiger partial charge is 0.494 e. The molecule has 0 radical (unpaired) electrons. The molecule has 2 nitrogen and oxygen atoms in total. The van der Waals surface area contributed by atoms with Gasteiger partial charge in [0.25, 0.3) is 0 Å².